The Balaban J connectivity index is 2.09. The van der Waals surface area contributed by atoms with Gasteiger partial charge in [0, 0.05) is 0 Å². The summed E-state index contributed by atoms with van der Waals surface area (Å²) in [5, 5.41) is 9.92. The predicted octanol–water partition coefficient (Wildman–Crippen LogP) is 5.75. The molecule has 3 aromatic carbocycles. The average Bonchev–Trinajstić information content (AvgIpc) is 2.54. The molecule has 0 aromatic heterocycles. The van der Waals surface area contributed by atoms with Crippen molar-refractivity contribution in [1.29, 1.82) is 0 Å². The van der Waals surface area contributed by atoms with Gasteiger partial charge < -0.3 is 5.11 Å². The lowest BCUT2D eigenvalue weighted by atomic mass is 9.97. The largest absolute Gasteiger partial charge is 0.508 e. The molecule has 0 aliphatic rings. The van der Waals surface area contributed by atoms with E-state index in [2.05, 4.69) is 0 Å². The van der Waals surface area contributed by atoms with Crippen molar-refractivity contribution >= 4 is 0 Å². The quantitative estimate of drug-likeness (QED) is 0.639. The highest BCUT2D eigenvalue weighted by Gasteiger charge is 2.30. The Morgan fingerprint density at radius 2 is 1.22 bits per heavy atom. The number of benzene rings is 3. The van der Waals surface area contributed by atoms with Gasteiger partial charge >= 0.3 is 6.18 Å². The van der Waals surface area contributed by atoms with E-state index in [0.717, 1.165) is 23.3 Å². The van der Waals surface area contributed by atoms with Crippen LogP contribution in [0.15, 0.2) is 72.8 Å². The first-order valence-electron chi connectivity index (χ1n) is 7.00. The van der Waals surface area contributed by atoms with E-state index in [1.165, 1.54) is 12.1 Å². The van der Waals surface area contributed by atoms with Crippen LogP contribution in [0, 0.1) is 0 Å². The first kappa shape index (κ1) is 15.2. The maximum absolute atomic E-state index is 12.9. The van der Waals surface area contributed by atoms with E-state index in [0.29, 0.717) is 11.1 Å². The summed E-state index contributed by atoms with van der Waals surface area (Å²) < 4.78 is 38.6. The van der Waals surface area contributed by atoms with Crippen LogP contribution < -0.4 is 0 Å². The predicted molar refractivity (Wildman–Crippen MR) is 84.0 cm³/mol. The van der Waals surface area contributed by atoms with Gasteiger partial charge in [0.05, 0.1) is 5.56 Å². The molecular formula is C19H13F3O. The lowest BCUT2D eigenvalue weighted by Crippen LogP contribution is -2.04. The Morgan fingerprint density at radius 1 is 0.609 bits per heavy atom. The number of phenols is 1. The molecule has 0 bridgehead atoms. The molecule has 3 aromatic rings. The highest BCUT2D eigenvalue weighted by atomic mass is 19.4. The summed E-state index contributed by atoms with van der Waals surface area (Å²) in [5.41, 5.74) is 1.87. The summed E-state index contributed by atoms with van der Waals surface area (Å²) in [6.07, 6.45) is -4.39. The molecule has 0 saturated carbocycles. The maximum Gasteiger partial charge on any atom is 0.416 e. The van der Waals surface area contributed by atoms with Gasteiger partial charge in [-0.1, -0.05) is 42.5 Å². The molecule has 3 rings (SSSR count). The van der Waals surface area contributed by atoms with Crippen LogP contribution in [-0.4, -0.2) is 5.11 Å². The molecule has 0 radical (unpaired) electrons. The van der Waals surface area contributed by atoms with Crippen molar-refractivity contribution in [2.75, 3.05) is 0 Å². The Kier molecular flexibility index (Phi) is 3.82. The fourth-order valence-electron chi connectivity index (χ4n) is 2.45. The van der Waals surface area contributed by atoms with Gasteiger partial charge in [0.1, 0.15) is 5.75 Å². The molecule has 1 nitrogen and oxygen atoms in total. The number of aromatic hydroxyl groups is 1. The number of halogens is 3. The fraction of sp³-hybridized carbons (Fsp3) is 0.0526. The van der Waals surface area contributed by atoms with Crippen LogP contribution >= 0.6 is 0 Å². The van der Waals surface area contributed by atoms with E-state index < -0.39 is 11.7 Å². The molecule has 0 amide bonds. The van der Waals surface area contributed by atoms with Crippen LogP contribution in [0.1, 0.15) is 5.56 Å². The summed E-state index contributed by atoms with van der Waals surface area (Å²) in [6, 6.07) is 19.3. The Morgan fingerprint density at radius 3 is 1.87 bits per heavy atom. The van der Waals surface area contributed by atoms with Crippen molar-refractivity contribution in [2.24, 2.45) is 0 Å². The van der Waals surface area contributed by atoms with Crippen molar-refractivity contribution in [3.63, 3.8) is 0 Å². The van der Waals surface area contributed by atoms with Crippen molar-refractivity contribution in [3.8, 4) is 28.0 Å². The summed E-state index contributed by atoms with van der Waals surface area (Å²) in [7, 11) is 0. The number of phenolic OH excluding ortho intramolecular Hbond substituents is 1. The van der Waals surface area contributed by atoms with Crippen LogP contribution in [0.5, 0.6) is 5.75 Å². The molecule has 0 atom stereocenters. The minimum atomic E-state index is -4.39. The normalized spacial score (nSPS) is 11.4. The molecule has 0 fully saturated rings. The number of rotatable bonds is 2. The summed E-state index contributed by atoms with van der Waals surface area (Å²) in [6.45, 7) is 0. The van der Waals surface area contributed by atoms with E-state index in [1.54, 1.807) is 18.2 Å². The number of alkyl halides is 3. The standard InChI is InChI=1S/C19H13F3O/c20-19(21,22)17-8-4-7-14(10-17)16-9-15(11-18(23)12-16)13-5-2-1-3-6-13/h1-12,23H. The topological polar surface area (TPSA) is 20.2 Å². The van der Waals surface area contributed by atoms with Gasteiger partial charge in [-0.3, -0.25) is 0 Å². The number of hydrogen-bond acceptors (Lipinski definition) is 1. The van der Waals surface area contributed by atoms with E-state index >= 15 is 0 Å². The van der Waals surface area contributed by atoms with Crippen molar-refractivity contribution < 1.29 is 18.3 Å². The second-order valence-corrected chi connectivity index (χ2v) is 5.21. The van der Waals surface area contributed by atoms with Gasteiger partial charge in [0.25, 0.3) is 0 Å². The Bertz CT molecular complexity index is 824. The minimum absolute atomic E-state index is 0.0127. The maximum atomic E-state index is 12.9. The van der Waals surface area contributed by atoms with Gasteiger partial charge in [0.15, 0.2) is 0 Å². The highest BCUT2D eigenvalue weighted by Crippen LogP contribution is 2.35. The molecule has 1 N–H and O–H groups in total. The van der Waals surface area contributed by atoms with Crippen LogP contribution in [0.3, 0.4) is 0 Å². The molecule has 0 heterocycles. The van der Waals surface area contributed by atoms with Gasteiger partial charge in [-0.2, -0.15) is 13.2 Å². The smallest absolute Gasteiger partial charge is 0.416 e. The van der Waals surface area contributed by atoms with E-state index in [-0.39, 0.29) is 5.75 Å². The molecule has 0 spiro atoms. The molecule has 0 aliphatic carbocycles. The summed E-state index contributed by atoms with van der Waals surface area (Å²) in [5.74, 6) is 0.0127. The Labute approximate surface area is 131 Å². The molecule has 0 saturated heterocycles. The molecular weight excluding hydrogens is 301 g/mol. The number of hydrogen-bond donors (Lipinski definition) is 1. The van der Waals surface area contributed by atoms with Crippen LogP contribution in [0.25, 0.3) is 22.3 Å². The lowest BCUT2D eigenvalue weighted by Gasteiger charge is -2.11. The zero-order valence-electron chi connectivity index (χ0n) is 12.0. The van der Waals surface area contributed by atoms with E-state index in [9.17, 15) is 18.3 Å². The molecule has 0 unspecified atom stereocenters. The average molecular weight is 314 g/mol. The van der Waals surface area contributed by atoms with Crippen LogP contribution in [0.2, 0.25) is 0 Å². The van der Waals surface area contributed by atoms with Crippen molar-refractivity contribution in [2.45, 2.75) is 6.18 Å². The SMILES string of the molecule is Oc1cc(-c2ccccc2)cc(-c2cccc(C(F)(F)F)c2)c1. The minimum Gasteiger partial charge on any atom is -0.508 e. The van der Waals surface area contributed by atoms with Gasteiger partial charge in [-0.15, -0.1) is 0 Å². The second-order valence-electron chi connectivity index (χ2n) is 5.21. The molecule has 116 valence electrons. The first-order chi connectivity index (χ1) is 10.9. The van der Waals surface area contributed by atoms with Gasteiger partial charge in [-0.05, 0) is 52.6 Å². The van der Waals surface area contributed by atoms with Gasteiger partial charge in [0.2, 0.25) is 0 Å². The lowest BCUT2D eigenvalue weighted by molar-refractivity contribution is -0.137. The first-order valence-corrected chi connectivity index (χ1v) is 7.00. The van der Waals surface area contributed by atoms with Crippen molar-refractivity contribution in [3.05, 3.63) is 78.4 Å². The fourth-order valence-corrected chi connectivity index (χ4v) is 2.45. The van der Waals surface area contributed by atoms with Crippen LogP contribution in [-0.2, 0) is 6.18 Å². The molecule has 0 aliphatic heterocycles. The van der Waals surface area contributed by atoms with Crippen LogP contribution in [0.4, 0.5) is 13.2 Å². The molecule has 23 heavy (non-hydrogen) atoms. The zero-order valence-corrected chi connectivity index (χ0v) is 12.0. The zero-order chi connectivity index (χ0) is 16.4. The Hall–Kier alpha value is -2.75. The highest BCUT2D eigenvalue weighted by molar-refractivity contribution is 5.75. The summed E-state index contributed by atoms with van der Waals surface area (Å²) >= 11 is 0. The summed E-state index contributed by atoms with van der Waals surface area (Å²) in [4.78, 5) is 0. The third kappa shape index (κ3) is 3.37. The van der Waals surface area contributed by atoms with E-state index in [4.69, 9.17) is 0 Å². The second kappa shape index (κ2) is 5.80. The third-order valence-electron chi connectivity index (χ3n) is 3.55. The van der Waals surface area contributed by atoms with E-state index in [1.807, 2.05) is 30.3 Å². The van der Waals surface area contributed by atoms with Crippen molar-refractivity contribution in [1.82, 2.24) is 0 Å². The molecule has 4 heteroatoms. The monoisotopic (exact) mass is 314 g/mol. The van der Waals surface area contributed by atoms with Gasteiger partial charge in [-0.25, -0.2) is 0 Å². The third-order valence-corrected chi connectivity index (χ3v) is 3.55.